The van der Waals surface area contributed by atoms with E-state index in [9.17, 15) is 4.79 Å². The molecule has 2 rings (SSSR count). The van der Waals surface area contributed by atoms with Crippen LogP contribution in [0.5, 0.6) is 0 Å². The Labute approximate surface area is 86.0 Å². The van der Waals surface area contributed by atoms with Crippen LogP contribution in [-0.2, 0) is 0 Å². The van der Waals surface area contributed by atoms with E-state index in [-0.39, 0.29) is 11.4 Å². The molecule has 1 aromatic heterocycles. The molecule has 0 fully saturated rings. The maximum Gasteiger partial charge on any atom is 0.286 e. The van der Waals surface area contributed by atoms with Gasteiger partial charge in [0.1, 0.15) is 5.58 Å². The Bertz CT molecular complexity index is 531. The minimum Gasteiger partial charge on any atom is -0.449 e. The topological polar surface area (TPSA) is 94.3 Å². The summed E-state index contributed by atoms with van der Waals surface area (Å²) in [6.45, 7) is 0. The number of nitrogens with two attached hydrogens (primary N) is 2. The zero-order chi connectivity index (χ0) is 11.0. The molecule has 78 valence electrons. The van der Waals surface area contributed by atoms with Crippen molar-refractivity contribution in [3.05, 3.63) is 24.0 Å². The van der Waals surface area contributed by atoms with E-state index in [0.717, 1.165) is 5.69 Å². The number of hydrogen-bond donors (Lipinski definition) is 3. The molecular weight excluding hydrogens is 194 g/mol. The molecule has 0 aliphatic rings. The molecule has 0 bridgehead atoms. The minimum atomic E-state index is -0.658. The lowest BCUT2D eigenvalue weighted by molar-refractivity contribution is 0.0977. The number of amides is 1. The first-order chi connectivity index (χ1) is 7.13. The van der Waals surface area contributed by atoms with Crippen molar-refractivity contribution in [3.8, 4) is 0 Å². The van der Waals surface area contributed by atoms with E-state index in [1.54, 1.807) is 19.2 Å². The summed E-state index contributed by atoms with van der Waals surface area (Å²) in [5, 5.41) is 3.66. The SMILES string of the molecule is CNc1ccc2oc(C(N)=O)c(N)c2c1. The number of nitrogen functional groups attached to an aromatic ring is 1. The van der Waals surface area contributed by atoms with Crippen LogP contribution in [0.4, 0.5) is 11.4 Å². The molecular formula is C10H11N3O2. The van der Waals surface area contributed by atoms with E-state index in [0.29, 0.717) is 11.0 Å². The van der Waals surface area contributed by atoms with Gasteiger partial charge in [-0.1, -0.05) is 0 Å². The van der Waals surface area contributed by atoms with Crippen molar-refractivity contribution in [1.82, 2.24) is 0 Å². The first-order valence-electron chi connectivity index (χ1n) is 4.43. The summed E-state index contributed by atoms with van der Waals surface area (Å²) in [4.78, 5) is 11.0. The molecule has 1 amide bonds. The van der Waals surface area contributed by atoms with Crippen LogP contribution in [0, 0.1) is 0 Å². The lowest BCUT2D eigenvalue weighted by Crippen LogP contribution is -2.11. The van der Waals surface area contributed by atoms with Crippen LogP contribution in [0.15, 0.2) is 22.6 Å². The Morgan fingerprint density at radius 2 is 2.20 bits per heavy atom. The van der Waals surface area contributed by atoms with Gasteiger partial charge in [-0.3, -0.25) is 4.79 Å². The van der Waals surface area contributed by atoms with E-state index in [2.05, 4.69) is 5.32 Å². The molecule has 1 heterocycles. The fraction of sp³-hybridized carbons (Fsp3) is 0.100. The molecule has 0 spiro atoms. The van der Waals surface area contributed by atoms with Crippen LogP contribution in [0.25, 0.3) is 11.0 Å². The molecule has 2 aromatic rings. The van der Waals surface area contributed by atoms with Crippen molar-refractivity contribution in [1.29, 1.82) is 0 Å². The van der Waals surface area contributed by atoms with Crippen LogP contribution in [0.2, 0.25) is 0 Å². The number of rotatable bonds is 2. The quantitative estimate of drug-likeness (QED) is 0.685. The highest BCUT2D eigenvalue weighted by Gasteiger charge is 2.15. The zero-order valence-corrected chi connectivity index (χ0v) is 8.20. The van der Waals surface area contributed by atoms with Crippen LogP contribution >= 0.6 is 0 Å². The Kier molecular flexibility index (Phi) is 2.00. The van der Waals surface area contributed by atoms with Gasteiger partial charge in [0.05, 0.1) is 5.69 Å². The van der Waals surface area contributed by atoms with Gasteiger partial charge in [0, 0.05) is 18.1 Å². The van der Waals surface area contributed by atoms with Gasteiger partial charge in [-0.05, 0) is 18.2 Å². The number of carbonyl (C=O) groups is 1. The van der Waals surface area contributed by atoms with Gasteiger partial charge in [-0.2, -0.15) is 0 Å². The van der Waals surface area contributed by atoms with E-state index >= 15 is 0 Å². The van der Waals surface area contributed by atoms with Crippen LogP contribution in [0.3, 0.4) is 0 Å². The third-order valence-corrected chi connectivity index (χ3v) is 2.24. The van der Waals surface area contributed by atoms with Gasteiger partial charge >= 0.3 is 0 Å². The fourth-order valence-electron chi connectivity index (χ4n) is 1.46. The summed E-state index contributed by atoms with van der Waals surface area (Å²) >= 11 is 0. The zero-order valence-electron chi connectivity index (χ0n) is 8.20. The highest BCUT2D eigenvalue weighted by molar-refractivity contribution is 6.05. The van der Waals surface area contributed by atoms with Crippen molar-refractivity contribution in [2.45, 2.75) is 0 Å². The molecule has 0 aliphatic carbocycles. The highest BCUT2D eigenvalue weighted by atomic mass is 16.3. The predicted molar refractivity (Wildman–Crippen MR) is 58.7 cm³/mol. The van der Waals surface area contributed by atoms with Gasteiger partial charge < -0.3 is 21.2 Å². The predicted octanol–water partition coefficient (Wildman–Crippen LogP) is 1.16. The van der Waals surface area contributed by atoms with E-state index in [4.69, 9.17) is 15.9 Å². The van der Waals surface area contributed by atoms with Crippen molar-refractivity contribution in [2.24, 2.45) is 5.73 Å². The first-order valence-corrected chi connectivity index (χ1v) is 4.43. The number of hydrogen-bond acceptors (Lipinski definition) is 4. The number of carbonyl (C=O) groups excluding carboxylic acids is 1. The Hall–Kier alpha value is -2.17. The Morgan fingerprint density at radius 3 is 2.80 bits per heavy atom. The van der Waals surface area contributed by atoms with E-state index in [1.165, 1.54) is 0 Å². The molecule has 1 aromatic carbocycles. The van der Waals surface area contributed by atoms with E-state index < -0.39 is 5.91 Å². The summed E-state index contributed by atoms with van der Waals surface area (Å²) in [7, 11) is 1.80. The number of primary amides is 1. The summed E-state index contributed by atoms with van der Waals surface area (Å²) in [5.41, 5.74) is 12.6. The van der Waals surface area contributed by atoms with Crippen LogP contribution in [-0.4, -0.2) is 13.0 Å². The third kappa shape index (κ3) is 1.38. The average molecular weight is 205 g/mol. The normalized spacial score (nSPS) is 10.5. The molecule has 5 nitrogen and oxygen atoms in total. The fourth-order valence-corrected chi connectivity index (χ4v) is 1.46. The lowest BCUT2D eigenvalue weighted by Gasteiger charge is -1.98. The van der Waals surface area contributed by atoms with Crippen molar-refractivity contribution in [2.75, 3.05) is 18.1 Å². The van der Waals surface area contributed by atoms with Crippen molar-refractivity contribution in [3.63, 3.8) is 0 Å². The first kappa shape index (κ1) is 9.39. The molecule has 0 atom stereocenters. The minimum absolute atomic E-state index is 0.0123. The summed E-state index contributed by atoms with van der Waals surface area (Å²) in [6, 6.07) is 5.38. The average Bonchev–Trinajstić information content (AvgIpc) is 2.56. The highest BCUT2D eigenvalue weighted by Crippen LogP contribution is 2.30. The Balaban J connectivity index is 2.72. The second kappa shape index (κ2) is 3.20. The molecule has 0 saturated heterocycles. The standard InChI is InChI=1S/C10H11N3O2/c1-13-5-2-3-7-6(4-5)8(11)9(15-7)10(12)14/h2-4,13H,11H2,1H3,(H2,12,14). The molecule has 0 radical (unpaired) electrons. The molecule has 5 N–H and O–H groups in total. The maximum atomic E-state index is 11.0. The molecule has 0 unspecified atom stereocenters. The smallest absolute Gasteiger partial charge is 0.286 e. The van der Waals surface area contributed by atoms with Crippen LogP contribution in [0.1, 0.15) is 10.6 Å². The number of anilines is 2. The number of furan rings is 1. The molecule has 0 saturated carbocycles. The third-order valence-electron chi connectivity index (χ3n) is 2.24. The number of fused-ring (bicyclic) bond motifs is 1. The van der Waals surface area contributed by atoms with Crippen molar-refractivity contribution >= 4 is 28.3 Å². The molecule has 15 heavy (non-hydrogen) atoms. The summed E-state index contributed by atoms with van der Waals surface area (Å²) in [5.74, 6) is -0.645. The van der Waals surface area contributed by atoms with Gasteiger partial charge in [0.25, 0.3) is 5.91 Å². The van der Waals surface area contributed by atoms with Crippen LogP contribution < -0.4 is 16.8 Å². The number of benzene rings is 1. The summed E-state index contributed by atoms with van der Waals surface area (Å²) in [6.07, 6.45) is 0. The van der Waals surface area contributed by atoms with Gasteiger partial charge in [-0.25, -0.2) is 0 Å². The maximum absolute atomic E-state index is 11.0. The van der Waals surface area contributed by atoms with Gasteiger partial charge in [-0.15, -0.1) is 0 Å². The summed E-state index contributed by atoms with van der Waals surface area (Å²) < 4.78 is 5.23. The lowest BCUT2D eigenvalue weighted by atomic mass is 10.2. The second-order valence-electron chi connectivity index (χ2n) is 3.17. The van der Waals surface area contributed by atoms with E-state index in [1.807, 2.05) is 6.07 Å². The molecule has 5 heteroatoms. The Morgan fingerprint density at radius 1 is 1.47 bits per heavy atom. The second-order valence-corrected chi connectivity index (χ2v) is 3.17. The monoisotopic (exact) mass is 205 g/mol. The largest absolute Gasteiger partial charge is 0.449 e. The molecule has 0 aliphatic heterocycles. The number of nitrogens with one attached hydrogen (secondary N) is 1. The van der Waals surface area contributed by atoms with Gasteiger partial charge in [0.2, 0.25) is 5.76 Å². The van der Waals surface area contributed by atoms with Gasteiger partial charge in [0.15, 0.2) is 0 Å². The van der Waals surface area contributed by atoms with Crippen molar-refractivity contribution < 1.29 is 9.21 Å².